The van der Waals surface area contributed by atoms with Crippen LogP contribution in [0.3, 0.4) is 0 Å². The number of benzene rings is 2. The van der Waals surface area contributed by atoms with Gasteiger partial charge in [-0.1, -0.05) is 6.07 Å². The van der Waals surface area contributed by atoms with Crippen molar-refractivity contribution in [2.24, 2.45) is 0 Å². The molecule has 0 aliphatic heterocycles. The van der Waals surface area contributed by atoms with Gasteiger partial charge in [-0.25, -0.2) is 0 Å². The van der Waals surface area contributed by atoms with Gasteiger partial charge in [-0.2, -0.15) is 0 Å². The van der Waals surface area contributed by atoms with Gasteiger partial charge in [0, 0.05) is 17.9 Å². The van der Waals surface area contributed by atoms with Crippen LogP contribution in [0.15, 0.2) is 35.7 Å². The molecule has 0 bridgehead atoms. The molecule has 0 saturated heterocycles. The van der Waals surface area contributed by atoms with Crippen molar-refractivity contribution in [3.8, 4) is 23.0 Å². The predicted molar refractivity (Wildman–Crippen MR) is 113 cm³/mol. The Morgan fingerprint density at radius 1 is 1.00 bits per heavy atom. The molecule has 156 valence electrons. The number of hydrogen-bond acceptors (Lipinski definition) is 8. The summed E-state index contributed by atoms with van der Waals surface area (Å²) < 4.78 is 21.4. The Kier molecular flexibility index (Phi) is 11.6. The number of methoxy groups -OCH3 is 4. The van der Waals surface area contributed by atoms with Crippen LogP contribution in [0.4, 0.5) is 5.69 Å². The SMILES string of the molecule is COc1cc(OC)c(/C=C/SCc2ccc(OC)c(NCC(=O)[O-])c2)c(OC)c1.[Na+]. The van der Waals surface area contributed by atoms with E-state index in [4.69, 9.17) is 18.9 Å². The minimum Gasteiger partial charge on any atom is -0.548 e. The largest absolute Gasteiger partial charge is 1.00 e. The van der Waals surface area contributed by atoms with Crippen LogP contribution < -0.4 is 58.9 Å². The monoisotopic (exact) mass is 441 g/mol. The number of carbonyl (C=O) groups is 1. The van der Waals surface area contributed by atoms with E-state index in [2.05, 4.69) is 5.32 Å². The molecule has 0 saturated carbocycles. The van der Waals surface area contributed by atoms with Crippen molar-refractivity contribution in [3.05, 3.63) is 46.9 Å². The van der Waals surface area contributed by atoms with Crippen molar-refractivity contribution in [1.29, 1.82) is 0 Å². The molecule has 0 unspecified atom stereocenters. The standard InChI is InChI=1S/C21H25NO6S.Na/c1-25-15-10-19(27-3)16(20(11-15)28-4)7-8-29-13-14-5-6-18(26-2)17(9-14)22-12-21(23)24;/h5-11,22H,12-13H2,1-4H3,(H,23,24);/q;+1/p-1/b8-7+;. The second-order valence-electron chi connectivity index (χ2n) is 5.82. The minimum atomic E-state index is -1.18. The maximum Gasteiger partial charge on any atom is 1.00 e. The van der Waals surface area contributed by atoms with Crippen molar-refractivity contribution < 1.29 is 58.4 Å². The van der Waals surface area contributed by atoms with Crippen LogP contribution in [0.2, 0.25) is 0 Å². The summed E-state index contributed by atoms with van der Waals surface area (Å²) in [5.41, 5.74) is 2.43. The average Bonchev–Trinajstić information content (AvgIpc) is 2.74. The number of anilines is 1. The van der Waals surface area contributed by atoms with Gasteiger partial charge in [0.25, 0.3) is 0 Å². The van der Waals surface area contributed by atoms with Crippen molar-refractivity contribution in [3.63, 3.8) is 0 Å². The van der Waals surface area contributed by atoms with Gasteiger partial charge >= 0.3 is 29.6 Å². The molecule has 0 spiro atoms. The van der Waals surface area contributed by atoms with Gasteiger partial charge in [0.15, 0.2) is 0 Å². The molecule has 0 fully saturated rings. The molecule has 0 aromatic heterocycles. The van der Waals surface area contributed by atoms with E-state index < -0.39 is 5.97 Å². The second kappa shape index (κ2) is 13.3. The molecule has 1 N–H and O–H groups in total. The van der Waals surface area contributed by atoms with Crippen molar-refractivity contribution in [2.75, 3.05) is 40.3 Å². The Bertz CT molecular complexity index is 850. The van der Waals surface area contributed by atoms with Gasteiger partial charge < -0.3 is 34.2 Å². The quantitative estimate of drug-likeness (QED) is 0.480. The number of carboxylic acid groups (broad SMARTS) is 1. The van der Waals surface area contributed by atoms with E-state index >= 15 is 0 Å². The number of carbonyl (C=O) groups excluding carboxylic acids is 1. The van der Waals surface area contributed by atoms with E-state index in [-0.39, 0.29) is 36.1 Å². The zero-order chi connectivity index (χ0) is 21.2. The molecule has 2 aromatic carbocycles. The Labute approximate surface area is 203 Å². The normalized spacial score (nSPS) is 10.3. The fourth-order valence-corrected chi connectivity index (χ4v) is 3.31. The van der Waals surface area contributed by atoms with Crippen LogP contribution in [0.5, 0.6) is 23.0 Å². The smallest absolute Gasteiger partial charge is 0.548 e. The topological polar surface area (TPSA) is 89.1 Å². The molecule has 0 heterocycles. The first kappa shape index (κ1) is 26.0. The van der Waals surface area contributed by atoms with E-state index in [0.29, 0.717) is 34.4 Å². The summed E-state index contributed by atoms with van der Waals surface area (Å²) in [7, 11) is 6.31. The van der Waals surface area contributed by atoms with Crippen LogP contribution in [-0.4, -0.2) is 41.0 Å². The molecule has 0 amide bonds. The fourth-order valence-electron chi connectivity index (χ4n) is 2.61. The molecular weight excluding hydrogens is 417 g/mol. The second-order valence-corrected chi connectivity index (χ2v) is 6.71. The number of thioether (sulfide) groups is 1. The molecule has 0 aliphatic rings. The average molecular weight is 441 g/mol. The van der Waals surface area contributed by atoms with Crippen molar-refractivity contribution in [2.45, 2.75) is 5.75 Å². The molecule has 7 nitrogen and oxygen atoms in total. The summed E-state index contributed by atoms with van der Waals surface area (Å²) >= 11 is 1.58. The summed E-state index contributed by atoms with van der Waals surface area (Å²) in [4.78, 5) is 10.7. The number of aliphatic carboxylic acids is 1. The number of rotatable bonds is 11. The first-order valence-corrected chi connectivity index (χ1v) is 9.76. The number of carboxylic acids is 1. The predicted octanol–water partition coefficient (Wildman–Crippen LogP) is -0.209. The van der Waals surface area contributed by atoms with E-state index in [0.717, 1.165) is 11.1 Å². The van der Waals surface area contributed by atoms with E-state index in [1.165, 1.54) is 7.11 Å². The number of ether oxygens (including phenoxy) is 4. The molecule has 9 heteroatoms. The third-order valence-electron chi connectivity index (χ3n) is 4.02. The Morgan fingerprint density at radius 3 is 2.17 bits per heavy atom. The Morgan fingerprint density at radius 2 is 1.63 bits per heavy atom. The molecular formula is C21H24NNaO6S. The molecule has 0 radical (unpaired) electrons. The molecule has 0 aliphatic carbocycles. The zero-order valence-electron chi connectivity index (χ0n) is 17.8. The van der Waals surface area contributed by atoms with Crippen molar-refractivity contribution >= 4 is 29.5 Å². The number of hydrogen-bond donors (Lipinski definition) is 1. The Balaban J connectivity index is 0.00000450. The summed E-state index contributed by atoms with van der Waals surface area (Å²) in [6, 6.07) is 9.18. The molecule has 0 atom stereocenters. The first-order valence-electron chi connectivity index (χ1n) is 8.71. The van der Waals surface area contributed by atoms with Crippen LogP contribution >= 0.6 is 11.8 Å². The fraction of sp³-hybridized carbons (Fsp3) is 0.286. The van der Waals surface area contributed by atoms with Crippen LogP contribution in [0.1, 0.15) is 11.1 Å². The number of nitrogens with one attached hydrogen (secondary N) is 1. The summed E-state index contributed by atoms with van der Waals surface area (Å²) in [6.07, 6.45) is 1.92. The third kappa shape index (κ3) is 7.36. The van der Waals surface area contributed by atoms with Gasteiger partial charge in [0.2, 0.25) is 0 Å². The van der Waals surface area contributed by atoms with Crippen molar-refractivity contribution in [1.82, 2.24) is 0 Å². The third-order valence-corrected chi connectivity index (χ3v) is 4.85. The van der Waals surface area contributed by atoms with Crippen LogP contribution in [-0.2, 0) is 10.5 Å². The Hall–Kier alpha value is -2.00. The minimum absolute atomic E-state index is 0. The molecule has 2 aromatic rings. The van der Waals surface area contributed by atoms with Crippen LogP contribution in [0, 0.1) is 0 Å². The van der Waals surface area contributed by atoms with Gasteiger partial charge in [0.1, 0.15) is 23.0 Å². The van der Waals surface area contributed by atoms with Gasteiger partial charge in [-0.15, -0.1) is 11.8 Å². The van der Waals surface area contributed by atoms with Gasteiger partial charge in [-0.05, 0) is 29.2 Å². The van der Waals surface area contributed by atoms with Gasteiger partial charge in [-0.3, -0.25) is 0 Å². The van der Waals surface area contributed by atoms with Crippen LogP contribution in [0.25, 0.3) is 6.08 Å². The molecule has 30 heavy (non-hydrogen) atoms. The summed E-state index contributed by atoms with van der Waals surface area (Å²) in [6.45, 7) is -0.288. The van der Waals surface area contributed by atoms with E-state index in [1.54, 1.807) is 51.3 Å². The maximum absolute atomic E-state index is 10.7. The first-order chi connectivity index (χ1) is 14.0. The van der Waals surface area contributed by atoms with E-state index in [1.807, 2.05) is 23.6 Å². The van der Waals surface area contributed by atoms with E-state index in [9.17, 15) is 9.90 Å². The summed E-state index contributed by atoms with van der Waals surface area (Å²) in [5.74, 6) is 2.02. The van der Waals surface area contributed by atoms with Gasteiger partial charge in [0.05, 0.1) is 52.2 Å². The molecule has 2 rings (SSSR count). The zero-order valence-corrected chi connectivity index (χ0v) is 20.6. The summed E-state index contributed by atoms with van der Waals surface area (Å²) in [5, 5.41) is 15.4. The maximum atomic E-state index is 10.7.